The van der Waals surface area contributed by atoms with Crippen molar-refractivity contribution in [1.29, 1.82) is 0 Å². The molecule has 0 fully saturated rings. The van der Waals surface area contributed by atoms with Crippen LogP contribution in [0.1, 0.15) is 31.9 Å². The average molecular weight is 326 g/mol. The molecule has 4 nitrogen and oxygen atoms in total. The number of rotatable bonds is 5. The molecule has 126 valence electrons. The molecule has 0 unspecified atom stereocenters. The summed E-state index contributed by atoms with van der Waals surface area (Å²) < 4.78 is 10.8. The van der Waals surface area contributed by atoms with E-state index in [0.717, 1.165) is 11.1 Å². The fourth-order valence-corrected chi connectivity index (χ4v) is 2.45. The zero-order chi connectivity index (χ0) is 17.7. The molecule has 0 aliphatic rings. The van der Waals surface area contributed by atoms with Crippen molar-refractivity contribution in [3.63, 3.8) is 0 Å². The molecule has 0 aliphatic carbocycles. The third-order valence-corrected chi connectivity index (χ3v) is 3.33. The van der Waals surface area contributed by atoms with E-state index in [9.17, 15) is 9.90 Å². The maximum absolute atomic E-state index is 11.4. The third kappa shape index (κ3) is 4.46. The molecule has 24 heavy (non-hydrogen) atoms. The van der Waals surface area contributed by atoms with Crippen molar-refractivity contribution in [3.8, 4) is 11.5 Å². The van der Waals surface area contributed by atoms with Gasteiger partial charge in [-0.05, 0) is 37.6 Å². The minimum Gasteiger partial charge on any atom is -0.496 e. The second kappa shape index (κ2) is 7.32. The molecule has 2 rings (SSSR count). The van der Waals surface area contributed by atoms with Crippen LogP contribution in [-0.4, -0.2) is 23.8 Å². The van der Waals surface area contributed by atoms with Gasteiger partial charge >= 0.3 is 5.97 Å². The summed E-state index contributed by atoms with van der Waals surface area (Å²) in [5, 5.41) is 10.3. The van der Waals surface area contributed by atoms with Crippen LogP contribution in [0.25, 0.3) is 5.57 Å². The van der Waals surface area contributed by atoms with Crippen LogP contribution in [0, 0.1) is 0 Å². The molecule has 0 atom stereocenters. The van der Waals surface area contributed by atoms with Crippen LogP contribution in [0.3, 0.4) is 0 Å². The highest BCUT2D eigenvalue weighted by molar-refractivity contribution is 5.87. The first-order chi connectivity index (χ1) is 11.3. The lowest BCUT2D eigenvalue weighted by molar-refractivity contribution is -0.131. The molecule has 0 saturated carbocycles. The van der Waals surface area contributed by atoms with E-state index < -0.39 is 11.6 Å². The summed E-state index contributed by atoms with van der Waals surface area (Å²) in [7, 11) is 1.60. The van der Waals surface area contributed by atoms with Gasteiger partial charge in [-0.3, -0.25) is 4.79 Å². The monoisotopic (exact) mass is 326 g/mol. The number of hydrogen-bond donors (Lipinski definition) is 1. The van der Waals surface area contributed by atoms with Gasteiger partial charge in [0.2, 0.25) is 0 Å². The first kappa shape index (κ1) is 17.8. The van der Waals surface area contributed by atoms with Crippen molar-refractivity contribution in [1.82, 2.24) is 0 Å². The summed E-state index contributed by atoms with van der Waals surface area (Å²) in [6.07, 6.45) is 1.73. The SMILES string of the molecule is COc1ccccc1/C(=C/C(C)(C)O)c1ccccc1OC(C)=O. The number of para-hydroxylation sites is 2. The number of benzene rings is 2. The lowest BCUT2D eigenvalue weighted by Gasteiger charge is -2.19. The first-order valence-corrected chi connectivity index (χ1v) is 7.68. The normalized spacial score (nSPS) is 12.0. The third-order valence-electron chi connectivity index (χ3n) is 3.33. The molecule has 0 bridgehead atoms. The second-order valence-electron chi connectivity index (χ2n) is 6.00. The van der Waals surface area contributed by atoms with Gasteiger partial charge in [0.25, 0.3) is 0 Å². The number of aliphatic hydroxyl groups is 1. The number of esters is 1. The molecule has 0 aromatic heterocycles. The standard InChI is InChI=1S/C20H22O4/c1-14(21)24-19-12-8-6-10-16(19)17(13-20(2,3)22)15-9-5-7-11-18(15)23-4/h5-13,22H,1-4H3/b17-13-. The molecule has 0 amide bonds. The van der Waals surface area contributed by atoms with Crippen molar-refractivity contribution >= 4 is 11.5 Å². The van der Waals surface area contributed by atoms with Gasteiger partial charge < -0.3 is 14.6 Å². The molecule has 0 heterocycles. The lowest BCUT2D eigenvalue weighted by atomic mass is 9.92. The molecular formula is C20H22O4. The average Bonchev–Trinajstić information content (AvgIpc) is 2.52. The Bertz CT molecular complexity index is 754. The zero-order valence-corrected chi connectivity index (χ0v) is 14.4. The Balaban J connectivity index is 2.70. The molecule has 0 saturated heterocycles. The highest BCUT2D eigenvalue weighted by Crippen LogP contribution is 2.37. The van der Waals surface area contributed by atoms with Crippen LogP contribution < -0.4 is 9.47 Å². The van der Waals surface area contributed by atoms with Gasteiger partial charge in [-0.2, -0.15) is 0 Å². The predicted octanol–water partition coefficient (Wildman–Crippen LogP) is 3.82. The van der Waals surface area contributed by atoms with Crippen molar-refractivity contribution in [2.45, 2.75) is 26.4 Å². The topological polar surface area (TPSA) is 55.8 Å². The maximum atomic E-state index is 11.4. The van der Waals surface area contributed by atoms with Crippen molar-refractivity contribution in [2.75, 3.05) is 7.11 Å². The van der Waals surface area contributed by atoms with Crippen LogP contribution in [-0.2, 0) is 4.79 Å². The van der Waals surface area contributed by atoms with E-state index in [1.807, 2.05) is 36.4 Å². The summed E-state index contributed by atoms with van der Waals surface area (Å²) >= 11 is 0. The van der Waals surface area contributed by atoms with Crippen molar-refractivity contribution in [2.24, 2.45) is 0 Å². The summed E-state index contributed by atoms with van der Waals surface area (Å²) in [5.41, 5.74) is 1.19. The number of ether oxygens (including phenoxy) is 2. The molecule has 1 N–H and O–H groups in total. The van der Waals surface area contributed by atoms with E-state index in [1.54, 1.807) is 39.2 Å². The fraction of sp³-hybridized carbons (Fsp3) is 0.250. The summed E-state index contributed by atoms with van der Waals surface area (Å²) in [5.74, 6) is 0.710. The quantitative estimate of drug-likeness (QED) is 0.670. The highest BCUT2D eigenvalue weighted by atomic mass is 16.5. The second-order valence-corrected chi connectivity index (χ2v) is 6.00. The van der Waals surface area contributed by atoms with E-state index in [-0.39, 0.29) is 0 Å². The van der Waals surface area contributed by atoms with Gasteiger partial charge in [0.05, 0.1) is 12.7 Å². The summed E-state index contributed by atoms with van der Waals surface area (Å²) in [6, 6.07) is 14.8. The van der Waals surface area contributed by atoms with E-state index in [1.165, 1.54) is 6.92 Å². The molecule has 2 aromatic carbocycles. The van der Waals surface area contributed by atoms with Gasteiger partial charge in [0, 0.05) is 18.1 Å². The van der Waals surface area contributed by atoms with Gasteiger partial charge in [-0.25, -0.2) is 0 Å². The van der Waals surface area contributed by atoms with Crippen LogP contribution in [0.4, 0.5) is 0 Å². The molecule has 0 aliphatic heterocycles. The smallest absolute Gasteiger partial charge is 0.308 e. The number of methoxy groups -OCH3 is 1. The fourth-order valence-electron chi connectivity index (χ4n) is 2.45. The van der Waals surface area contributed by atoms with Gasteiger partial charge in [-0.1, -0.05) is 36.4 Å². The predicted molar refractivity (Wildman–Crippen MR) is 94.1 cm³/mol. The van der Waals surface area contributed by atoms with Gasteiger partial charge in [0.15, 0.2) is 0 Å². The Morgan fingerprint density at radius 1 is 1.00 bits per heavy atom. The summed E-state index contributed by atoms with van der Waals surface area (Å²) in [4.78, 5) is 11.4. The molecule has 0 radical (unpaired) electrons. The Kier molecular flexibility index (Phi) is 5.42. The Labute approximate surface area is 142 Å². The zero-order valence-electron chi connectivity index (χ0n) is 14.4. The van der Waals surface area contributed by atoms with E-state index in [2.05, 4.69) is 0 Å². The number of carbonyl (C=O) groups is 1. The Hall–Kier alpha value is -2.59. The van der Waals surface area contributed by atoms with E-state index >= 15 is 0 Å². The molecule has 0 spiro atoms. The Morgan fingerprint density at radius 3 is 2.00 bits per heavy atom. The molecule has 4 heteroatoms. The highest BCUT2D eigenvalue weighted by Gasteiger charge is 2.19. The van der Waals surface area contributed by atoms with Crippen LogP contribution in [0.15, 0.2) is 54.6 Å². The number of carbonyl (C=O) groups excluding carboxylic acids is 1. The van der Waals surface area contributed by atoms with Gasteiger partial charge in [0.1, 0.15) is 11.5 Å². The first-order valence-electron chi connectivity index (χ1n) is 7.68. The largest absolute Gasteiger partial charge is 0.496 e. The molecular weight excluding hydrogens is 304 g/mol. The minimum absolute atomic E-state index is 0.398. The van der Waals surface area contributed by atoms with Crippen molar-refractivity contribution < 1.29 is 19.4 Å². The Morgan fingerprint density at radius 2 is 1.50 bits per heavy atom. The number of hydrogen-bond acceptors (Lipinski definition) is 4. The van der Waals surface area contributed by atoms with Gasteiger partial charge in [-0.15, -0.1) is 0 Å². The minimum atomic E-state index is -1.06. The van der Waals surface area contributed by atoms with Crippen LogP contribution in [0.5, 0.6) is 11.5 Å². The van der Waals surface area contributed by atoms with Crippen LogP contribution >= 0.6 is 0 Å². The van der Waals surface area contributed by atoms with Crippen molar-refractivity contribution in [3.05, 3.63) is 65.7 Å². The van der Waals surface area contributed by atoms with Crippen LogP contribution in [0.2, 0.25) is 0 Å². The lowest BCUT2D eigenvalue weighted by Crippen LogP contribution is -2.15. The van der Waals surface area contributed by atoms with E-state index in [4.69, 9.17) is 9.47 Å². The maximum Gasteiger partial charge on any atom is 0.308 e. The molecule has 2 aromatic rings. The summed E-state index contributed by atoms with van der Waals surface area (Å²) in [6.45, 7) is 4.74. The van der Waals surface area contributed by atoms with E-state index in [0.29, 0.717) is 17.1 Å².